The molecule has 0 unspecified atom stereocenters. The van der Waals surface area contributed by atoms with Gasteiger partial charge in [0.1, 0.15) is 34.6 Å². The highest BCUT2D eigenvalue weighted by Gasteiger charge is 2.36. The van der Waals surface area contributed by atoms with Crippen molar-refractivity contribution in [2.75, 3.05) is 6.26 Å². The first-order valence-electron chi connectivity index (χ1n) is 16.8. The van der Waals surface area contributed by atoms with Crippen molar-refractivity contribution in [2.24, 2.45) is 0 Å². The van der Waals surface area contributed by atoms with Crippen LogP contribution in [0.15, 0.2) is 113 Å². The van der Waals surface area contributed by atoms with E-state index in [1.54, 1.807) is 19.1 Å². The van der Waals surface area contributed by atoms with E-state index in [2.05, 4.69) is 0 Å². The van der Waals surface area contributed by atoms with Gasteiger partial charge in [-0.05, 0) is 126 Å². The molecule has 54 heavy (non-hydrogen) atoms. The lowest BCUT2D eigenvalue weighted by molar-refractivity contribution is -0.158. The first-order valence-corrected chi connectivity index (χ1v) is 20.2. The molecule has 0 bridgehead atoms. The van der Waals surface area contributed by atoms with E-state index in [0.29, 0.717) is 62.6 Å². The summed E-state index contributed by atoms with van der Waals surface area (Å²) >= 11 is 0. The number of halogens is 2. The summed E-state index contributed by atoms with van der Waals surface area (Å²) in [6, 6.07) is 24.8. The zero-order valence-electron chi connectivity index (χ0n) is 29.0. The van der Waals surface area contributed by atoms with E-state index in [4.69, 9.17) is 14.2 Å². The van der Waals surface area contributed by atoms with E-state index in [0.717, 1.165) is 6.26 Å². The number of carbonyl (C=O) groups excluding carboxylic acids is 2. The summed E-state index contributed by atoms with van der Waals surface area (Å²) in [5.74, 6) is -1.71. The largest absolute Gasteiger partial charge is 0.457 e. The van der Waals surface area contributed by atoms with Gasteiger partial charge in [0.2, 0.25) is 0 Å². The second-order valence-corrected chi connectivity index (χ2v) is 17.5. The molecular formula is C41H32F2O9S2. The van der Waals surface area contributed by atoms with Crippen molar-refractivity contribution in [2.45, 2.75) is 47.6 Å². The average molecular weight is 771 g/mol. The fourth-order valence-electron chi connectivity index (χ4n) is 6.10. The molecule has 0 N–H and O–H groups in total. The maximum Gasteiger partial charge on any atom is 0.317 e. The molecule has 1 aliphatic carbocycles. The average Bonchev–Trinajstić information content (AvgIpc) is 3.96. The Bertz CT molecular complexity index is 2710. The molecule has 1 saturated carbocycles. The monoisotopic (exact) mass is 770 g/mol. The minimum absolute atomic E-state index is 0.110. The molecule has 13 heteroatoms. The van der Waals surface area contributed by atoms with Crippen LogP contribution in [0.1, 0.15) is 29.5 Å². The lowest BCUT2D eigenvalue weighted by Crippen LogP contribution is -2.16. The van der Waals surface area contributed by atoms with Crippen LogP contribution in [-0.2, 0) is 46.8 Å². The van der Waals surface area contributed by atoms with Gasteiger partial charge in [0.25, 0.3) is 0 Å². The van der Waals surface area contributed by atoms with Crippen LogP contribution in [0.25, 0.3) is 21.5 Å². The number of carbonyl (C=O) groups is 2. The number of benzene rings is 6. The van der Waals surface area contributed by atoms with Gasteiger partial charge in [-0.25, -0.2) is 25.6 Å². The van der Waals surface area contributed by atoms with Crippen LogP contribution in [0.3, 0.4) is 0 Å². The number of esters is 2. The molecule has 7 rings (SSSR count). The Morgan fingerprint density at radius 2 is 1.15 bits per heavy atom. The van der Waals surface area contributed by atoms with Crippen molar-refractivity contribution in [3.8, 4) is 23.0 Å². The summed E-state index contributed by atoms with van der Waals surface area (Å²) in [5, 5.41) is 1.55. The number of fused-ring (bicyclic) bond motifs is 2. The Morgan fingerprint density at radius 1 is 0.630 bits per heavy atom. The van der Waals surface area contributed by atoms with E-state index in [1.807, 2.05) is 0 Å². The number of aryl methyl sites for hydroxylation is 1. The third-order valence-corrected chi connectivity index (χ3v) is 12.3. The molecule has 6 aromatic carbocycles. The van der Waals surface area contributed by atoms with Crippen molar-refractivity contribution in [3.05, 3.63) is 131 Å². The summed E-state index contributed by atoms with van der Waals surface area (Å²) in [6.07, 6.45) is 1.69. The SMILES string of the molecule is Cc1cc(S(C)(=O)=O)ccc1Oc1cc(CC(=O)OC(=O)Cc2cc(Oc3ccc(S(=O)(=O)C4CC4)cc3)c3cc(F)ccc3c2)cc2ccc(F)cc12. The molecular weight excluding hydrogens is 739 g/mol. The van der Waals surface area contributed by atoms with Gasteiger partial charge in [-0.15, -0.1) is 0 Å². The fraction of sp³-hybridized carbons (Fsp3) is 0.171. The van der Waals surface area contributed by atoms with Crippen LogP contribution < -0.4 is 9.47 Å². The number of rotatable bonds is 11. The van der Waals surface area contributed by atoms with Crippen molar-refractivity contribution in [1.29, 1.82) is 0 Å². The van der Waals surface area contributed by atoms with Crippen LogP contribution >= 0.6 is 0 Å². The predicted octanol–water partition coefficient (Wildman–Crippen LogP) is 8.36. The summed E-state index contributed by atoms with van der Waals surface area (Å²) in [7, 11) is -6.86. The first-order chi connectivity index (χ1) is 25.6. The molecule has 9 nitrogen and oxygen atoms in total. The van der Waals surface area contributed by atoms with E-state index in [1.165, 1.54) is 91.0 Å². The highest BCUT2D eigenvalue weighted by molar-refractivity contribution is 7.92. The lowest BCUT2D eigenvalue weighted by Gasteiger charge is -2.14. The van der Waals surface area contributed by atoms with E-state index >= 15 is 0 Å². The quantitative estimate of drug-likeness (QED) is 0.0943. The minimum atomic E-state index is -3.46. The summed E-state index contributed by atoms with van der Waals surface area (Å²) < 4.78 is 95.2. The normalized spacial score (nSPS) is 13.2. The summed E-state index contributed by atoms with van der Waals surface area (Å²) in [5.41, 5.74) is 1.34. The van der Waals surface area contributed by atoms with Crippen LogP contribution in [0.5, 0.6) is 23.0 Å². The first kappa shape index (κ1) is 36.7. The lowest BCUT2D eigenvalue weighted by atomic mass is 10.0. The van der Waals surface area contributed by atoms with E-state index in [9.17, 15) is 35.2 Å². The summed E-state index contributed by atoms with van der Waals surface area (Å²) in [4.78, 5) is 26.4. The van der Waals surface area contributed by atoms with Gasteiger partial charge in [-0.3, -0.25) is 9.59 Å². The second-order valence-electron chi connectivity index (χ2n) is 13.2. The summed E-state index contributed by atoms with van der Waals surface area (Å²) in [6.45, 7) is 1.67. The third-order valence-electron chi connectivity index (χ3n) is 8.94. The van der Waals surface area contributed by atoms with Crippen molar-refractivity contribution in [1.82, 2.24) is 0 Å². The standard InChI is InChI=1S/C41H32F2O9S2/c1-24-15-34(53(2,46)47)13-14-37(24)51-39-19-26(17-28-4-6-30(43)23-36(28)39)21-41(45)52-40(44)20-25-16-27-3-5-29(42)22-35(27)38(18-25)50-31-7-9-32(10-8-31)54(48,49)33-11-12-33/h3-10,13-19,22-23,33H,11-12,20-21H2,1-2H3. The molecule has 1 aliphatic rings. The molecule has 0 atom stereocenters. The Kier molecular flexibility index (Phi) is 9.71. The molecule has 0 aromatic heterocycles. The van der Waals surface area contributed by atoms with Crippen molar-refractivity contribution in [3.63, 3.8) is 0 Å². The number of hydrogen-bond acceptors (Lipinski definition) is 9. The van der Waals surface area contributed by atoms with E-state index in [-0.39, 0.29) is 39.4 Å². The van der Waals surface area contributed by atoms with Crippen LogP contribution in [0.4, 0.5) is 8.78 Å². The van der Waals surface area contributed by atoms with Gasteiger partial charge in [0, 0.05) is 17.0 Å². The fourth-order valence-corrected chi connectivity index (χ4v) is 8.46. The molecule has 0 heterocycles. The Labute approximate surface area is 309 Å². The Hall–Kier alpha value is -5.66. The second kappa shape index (κ2) is 14.3. The van der Waals surface area contributed by atoms with Crippen LogP contribution in [0.2, 0.25) is 0 Å². The maximum atomic E-state index is 14.3. The zero-order chi connectivity index (χ0) is 38.4. The highest BCUT2D eigenvalue weighted by Crippen LogP contribution is 2.37. The van der Waals surface area contributed by atoms with Crippen molar-refractivity contribution < 1.29 is 49.4 Å². The molecule has 0 saturated heterocycles. The smallest absolute Gasteiger partial charge is 0.317 e. The molecule has 6 aromatic rings. The number of ether oxygens (including phenoxy) is 3. The molecule has 276 valence electrons. The maximum absolute atomic E-state index is 14.3. The molecule has 0 aliphatic heterocycles. The van der Waals surface area contributed by atoms with Gasteiger partial charge in [0.05, 0.1) is 27.9 Å². The number of hydrogen-bond donors (Lipinski definition) is 0. The van der Waals surface area contributed by atoms with Gasteiger partial charge < -0.3 is 14.2 Å². The zero-order valence-corrected chi connectivity index (χ0v) is 30.6. The predicted molar refractivity (Wildman–Crippen MR) is 197 cm³/mol. The molecule has 0 amide bonds. The Balaban J connectivity index is 1.08. The molecule has 0 radical (unpaired) electrons. The highest BCUT2D eigenvalue weighted by atomic mass is 32.2. The van der Waals surface area contributed by atoms with E-state index < -0.39 is 43.2 Å². The van der Waals surface area contributed by atoms with Crippen LogP contribution in [-0.4, -0.2) is 40.3 Å². The van der Waals surface area contributed by atoms with Gasteiger partial charge in [-0.2, -0.15) is 0 Å². The minimum Gasteiger partial charge on any atom is -0.457 e. The van der Waals surface area contributed by atoms with Crippen LogP contribution in [0, 0.1) is 18.6 Å². The Morgan fingerprint density at radius 3 is 1.65 bits per heavy atom. The molecule has 0 spiro atoms. The van der Waals surface area contributed by atoms with Gasteiger partial charge in [0.15, 0.2) is 19.7 Å². The molecule has 1 fully saturated rings. The van der Waals surface area contributed by atoms with Gasteiger partial charge >= 0.3 is 11.9 Å². The van der Waals surface area contributed by atoms with Crippen molar-refractivity contribution >= 4 is 53.2 Å². The topological polar surface area (TPSA) is 130 Å². The number of sulfone groups is 2. The third kappa shape index (κ3) is 8.12. The van der Waals surface area contributed by atoms with Gasteiger partial charge in [-0.1, -0.05) is 24.3 Å².